The normalized spacial score (nSPS) is 10.1. The fraction of sp³-hybridized carbons (Fsp3) is 0.167. The SMILES string of the molecule is O=COCCc1cc(-c2ccc(O)cc2)no1. The van der Waals surface area contributed by atoms with Crippen molar-refractivity contribution in [2.45, 2.75) is 6.42 Å². The van der Waals surface area contributed by atoms with Crippen LogP contribution in [0.25, 0.3) is 11.3 Å². The Balaban J connectivity index is 2.07. The van der Waals surface area contributed by atoms with Crippen LogP contribution >= 0.6 is 0 Å². The summed E-state index contributed by atoms with van der Waals surface area (Å²) in [6, 6.07) is 8.44. The van der Waals surface area contributed by atoms with E-state index < -0.39 is 0 Å². The van der Waals surface area contributed by atoms with Gasteiger partial charge in [-0.25, -0.2) is 0 Å². The van der Waals surface area contributed by atoms with Gasteiger partial charge < -0.3 is 14.4 Å². The first kappa shape index (κ1) is 11.2. The zero-order chi connectivity index (χ0) is 12.1. The third-order valence-electron chi connectivity index (χ3n) is 2.26. The van der Waals surface area contributed by atoms with Crippen molar-refractivity contribution in [2.75, 3.05) is 6.61 Å². The minimum atomic E-state index is 0.205. The Morgan fingerprint density at radius 1 is 1.35 bits per heavy atom. The van der Waals surface area contributed by atoms with Crippen molar-refractivity contribution in [2.24, 2.45) is 0 Å². The highest BCUT2D eigenvalue weighted by Gasteiger charge is 2.06. The van der Waals surface area contributed by atoms with Crippen molar-refractivity contribution >= 4 is 6.47 Å². The van der Waals surface area contributed by atoms with Crippen LogP contribution in [0, 0.1) is 0 Å². The summed E-state index contributed by atoms with van der Waals surface area (Å²) in [6.45, 7) is 0.672. The summed E-state index contributed by atoms with van der Waals surface area (Å²) in [5.41, 5.74) is 1.54. The third kappa shape index (κ3) is 2.84. The molecule has 1 aromatic carbocycles. The number of nitrogens with zero attached hydrogens (tertiary/aromatic N) is 1. The number of aromatic nitrogens is 1. The van der Waals surface area contributed by atoms with E-state index >= 15 is 0 Å². The standard InChI is InChI=1S/C12H11NO4/c14-8-16-6-5-11-7-12(13-17-11)9-1-3-10(15)4-2-9/h1-4,7-8,15H,5-6H2. The van der Waals surface area contributed by atoms with Crippen molar-refractivity contribution in [3.05, 3.63) is 36.1 Å². The lowest BCUT2D eigenvalue weighted by Gasteiger charge is -1.94. The van der Waals surface area contributed by atoms with E-state index in [9.17, 15) is 4.79 Å². The van der Waals surface area contributed by atoms with Gasteiger partial charge in [0.05, 0.1) is 6.61 Å². The van der Waals surface area contributed by atoms with E-state index in [1.165, 1.54) is 0 Å². The predicted molar refractivity (Wildman–Crippen MR) is 59.3 cm³/mol. The van der Waals surface area contributed by atoms with E-state index in [0.29, 0.717) is 24.3 Å². The molecule has 5 nitrogen and oxygen atoms in total. The van der Waals surface area contributed by atoms with E-state index in [-0.39, 0.29) is 12.4 Å². The van der Waals surface area contributed by atoms with Crippen LogP contribution in [0.15, 0.2) is 34.9 Å². The van der Waals surface area contributed by atoms with Gasteiger partial charge in [-0.05, 0) is 24.3 Å². The van der Waals surface area contributed by atoms with E-state index in [2.05, 4.69) is 9.89 Å². The maximum atomic E-state index is 9.96. The first-order valence-electron chi connectivity index (χ1n) is 5.10. The fourth-order valence-corrected chi connectivity index (χ4v) is 1.41. The van der Waals surface area contributed by atoms with E-state index in [1.807, 2.05) is 0 Å². The van der Waals surface area contributed by atoms with Gasteiger partial charge in [0, 0.05) is 18.1 Å². The lowest BCUT2D eigenvalue weighted by molar-refractivity contribution is -0.128. The average molecular weight is 233 g/mol. The van der Waals surface area contributed by atoms with Gasteiger partial charge in [0.25, 0.3) is 6.47 Å². The molecule has 0 atom stereocenters. The lowest BCUT2D eigenvalue weighted by Crippen LogP contribution is -1.94. The van der Waals surface area contributed by atoms with Crippen molar-refractivity contribution in [3.8, 4) is 17.0 Å². The first-order chi connectivity index (χ1) is 8.29. The number of phenols is 1. The number of carbonyl (C=O) groups excluding carboxylic acids is 1. The topological polar surface area (TPSA) is 72.6 Å². The highest BCUT2D eigenvalue weighted by atomic mass is 16.5. The van der Waals surface area contributed by atoms with Gasteiger partial charge in [-0.3, -0.25) is 4.79 Å². The summed E-state index contributed by atoms with van der Waals surface area (Å²) in [5.74, 6) is 0.853. The Bertz CT molecular complexity index is 489. The lowest BCUT2D eigenvalue weighted by atomic mass is 10.1. The van der Waals surface area contributed by atoms with Crippen molar-refractivity contribution in [1.29, 1.82) is 0 Å². The van der Waals surface area contributed by atoms with Crippen LogP contribution in [0.5, 0.6) is 5.75 Å². The molecular formula is C12H11NO4. The highest BCUT2D eigenvalue weighted by Crippen LogP contribution is 2.21. The predicted octanol–water partition coefficient (Wildman–Crippen LogP) is 1.76. The number of hydrogen-bond donors (Lipinski definition) is 1. The van der Waals surface area contributed by atoms with Crippen molar-refractivity contribution in [3.63, 3.8) is 0 Å². The quantitative estimate of drug-likeness (QED) is 0.629. The molecule has 0 radical (unpaired) electrons. The second-order valence-corrected chi connectivity index (χ2v) is 3.44. The number of carbonyl (C=O) groups is 1. The van der Waals surface area contributed by atoms with Crippen LogP contribution in [0.3, 0.4) is 0 Å². The number of aromatic hydroxyl groups is 1. The summed E-state index contributed by atoms with van der Waals surface area (Å²) >= 11 is 0. The summed E-state index contributed by atoms with van der Waals surface area (Å²) < 4.78 is 9.65. The Morgan fingerprint density at radius 3 is 2.82 bits per heavy atom. The number of ether oxygens (including phenoxy) is 1. The number of phenolic OH excluding ortho intramolecular Hbond substituents is 1. The van der Waals surface area contributed by atoms with Crippen LogP contribution in [0.1, 0.15) is 5.76 Å². The van der Waals surface area contributed by atoms with Crippen molar-refractivity contribution < 1.29 is 19.2 Å². The summed E-state index contributed by atoms with van der Waals surface area (Å²) in [4.78, 5) is 9.96. The van der Waals surface area contributed by atoms with Gasteiger partial charge in [-0.1, -0.05) is 5.16 Å². The van der Waals surface area contributed by atoms with Gasteiger partial charge in [0.1, 0.15) is 17.2 Å². The van der Waals surface area contributed by atoms with Gasteiger partial charge in [0.15, 0.2) is 0 Å². The molecule has 0 aliphatic rings. The molecule has 0 saturated carbocycles. The smallest absolute Gasteiger partial charge is 0.293 e. The van der Waals surface area contributed by atoms with Gasteiger partial charge >= 0.3 is 0 Å². The molecule has 1 heterocycles. The number of hydrogen-bond acceptors (Lipinski definition) is 5. The molecule has 0 unspecified atom stereocenters. The minimum absolute atomic E-state index is 0.205. The van der Waals surface area contributed by atoms with Gasteiger partial charge in [0.2, 0.25) is 0 Å². The second kappa shape index (κ2) is 5.16. The molecule has 1 aromatic heterocycles. The van der Waals surface area contributed by atoms with E-state index in [1.54, 1.807) is 30.3 Å². The largest absolute Gasteiger partial charge is 0.508 e. The molecule has 17 heavy (non-hydrogen) atoms. The maximum absolute atomic E-state index is 9.96. The summed E-state index contributed by atoms with van der Waals surface area (Å²) in [7, 11) is 0. The molecule has 0 fully saturated rings. The molecule has 0 aliphatic carbocycles. The molecule has 0 aliphatic heterocycles. The van der Waals surface area contributed by atoms with E-state index in [4.69, 9.17) is 9.63 Å². The minimum Gasteiger partial charge on any atom is -0.508 e. The van der Waals surface area contributed by atoms with Crippen LogP contribution in [0.4, 0.5) is 0 Å². The molecule has 2 aromatic rings. The molecule has 5 heteroatoms. The molecule has 2 rings (SSSR count). The monoisotopic (exact) mass is 233 g/mol. The second-order valence-electron chi connectivity index (χ2n) is 3.44. The molecule has 1 N–H and O–H groups in total. The fourth-order valence-electron chi connectivity index (χ4n) is 1.41. The summed E-state index contributed by atoms with van der Waals surface area (Å²) in [6.07, 6.45) is 0.490. The third-order valence-corrected chi connectivity index (χ3v) is 2.26. The molecule has 0 saturated heterocycles. The number of rotatable bonds is 5. The zero-order valence-corrected chi connectivity index (χ0v) is 9.00. The molecular weight excluding hydrogens is 222 g/mol. The Hall–Kier alpha value is -2.30. The summed E-state index contributed by atoms with van der Waals surface area (Å²) in [5, 5.41) is 13.1. The Kier molecular flexibility index (Phi) is 3.40. The van der Waals surface area contributed by atoms with E-state index in [0.717, 1.165) is 5.56 Å². The van der Waals surface area contributed by atoms with Crippen LogP contribution in [-0.4, -0.2) is 23.3 Å². The maximum Gasteiger partial charge on any atom is 0.293 e. The van der Waals surface area contributed by atoms with Gasteiger partial charge in [-0.2, -0.15) is 0 Å². The molecule has 88 valence electrons. The van der Waals surface area contributed by atoms with Crippen molar-refractivity contribution in [1.82, 2.24) is 5.16 Å². The van der Waals surface area contributed by atoms with Crippen LogP contribution < -0.4 is 0 Å². The molecule has 0 bridgehead atoms. The highest BCUT2D eigenvalue weighted by molar-refractivity contribution is 5.59. The first-order valence-corrected chi connectivity index (χ1v) is 5.10. The molecule has 0 amide bonds. The number of benzene rings is 1. The average Bonchev–Trinajstić information content (AvgIpc) is 2.79. The Morgan fingerprint density at radius 2 is 2.12 bits per heavy atom. The van der Waals surface area contributed by atoms with Gasteiger partial charge in [-0.15, -0.1) is 0 Å². The van der Waals surface area contributed by atoms with Crippen LogP contribution in [0.2, 0.25) is 0 Å². The molecule has 0 spiro atoms. The van der Waals surface area contributed by atoms with Crippen LogP contribution in [-0.2, 0) is 16.0 Å². The zero-order valence-electron chi connectivity index (χ0n) is 9.00. The Labute approximate surface area is 97.6 Å².